The molecule has 0 saturated carbocycles. The van der Waals surface area contributed by atoms with Gasteiger partial charge in [0.25, 0.3) is 0 Å². The molecular formula is C52H70N4O4. The minimum absolute atomic E-state index is 0.297. The number of benzene rings is 4. The Labute approximate surface area is 358 Å². The Kier molecular flexibility index (Phi) is 13.4. The zero-order chi connectivity index (χ0) is 41.9. The molecule has 0 amide bonds. The molecule has 60 heavy (non-hydrogen) atoms. The molecule has 4 heterocycles. The van der Waals surface area contributed by atoms with Gasteiger partial charge in [0.15, 0.2) is 0 Å². The van der Waals surface area contributed by atoms with Gasteiger partial charge in [0.1, 0.15) is 23.0 Å². The lowest BCUT2D eigenvalue weighted by Gasteiger charge is -2.32. The van der Waals surface area contributed by atoms with Crippen molar-refractivity contribution >= 4 is 0 Å². The summed E-state index contributed by atoms with van der Waals surface area (Å²) >= 11 is 0. The van der Waals surface area contributed by atoms with E-state index in [1.165, 1.54) is 57.3 Å². The van der Waals surface area contributed by atoms with Crippen molar-refractivity contribution in [3.63, 3.8) is 0 Å². The summed E-state index contributed by atoms with van der Waals surface area (Å²) in [6.45, 7) is 11.8. The predicted molar refractivity (Wildman–Crippen MR) is 242 cm³/mol. The molecule has 4 aliphatic rings. The van der Waals surface area contributed by atoms with Gasteiger partial charge in [-0.3, -0.25) is 0 Å². The lowest BCUT2D eigenvalue weighted by Crippen LogP contribution is -2.31. The maximum absolute atomic E-state index is 10.5. The van der Waals surface area contributed by atoms with Gasteiger partial charge >= 0.3 is 0 Å². The molecule has 4 aliphatic heterocycles. The first-order chi connectivity index (χ1) is 29.0. The summed E-state index contributed by atoms with van der Waals surface area (Å²) in [7, 11) is 0. The Balaban J connectivity index is 1.01. The van der Waals surface area contributed by atoms with Crippen LogP contribution in [0, 0.1) is 39.5 Å². The van der Waals surface area contributed by atoms with Gasteiger partial charge in [-0.1, -0.05) is 37.1 Å². The number of rotatable bonds is 15. The van der Waals surface area contributed by atoms with E-state index in [1.807, 2.05) is 52.0 Å². The first kappa shape index (κ1) is 42.6. The minimum atomic E-state index is 0.297. The standard InChI is InChI=1S/C52H70N4O4/c1-31-23-41-37(27-49(31)57)15-19-53-45(41)11-7-35(8-12-46-42-24-32(2)50(58)28-38(42)16-20-54-46)5-6-36(9-13-47-43-25-33(3)51(59)29-39(43)17-21-55-47)10-14-48-44-26-34(4)52(60)30-40(44)18-22-56-48/h23-30,35-36,45-48,53-60H,5-22H2,1-4H3. The van der Waals surface area contributed by atoms with Crippen molar-refractivity contribution in [1.82, 2.24) is 21.3 Å². The van der Waals surface area contributed by atoms with E-state index in [0.29, 0.717) is 59.0 Å². The Bertz CT molecular complexity index is 1850. The van der Waals surface area contributed by atoms with Crippen LogP contribution in [-0.2, 0) is 25.7 Å². The van der Waals surface area contributed by atoms with Gasteiger partial charge in [0, 0.05) is 24.2 Å². The molecule has 0 bridgehead atoms. The maximum Gasteiger partial charge on any atom is 0.118 e. The molecule has 8 heteroatoms. The fourth-order valence-electron chi connectivity index (χ4n) is 11.2. The Morgan fingerprint density at radius 2 is 0.617 bits per heavy atom. The van der Waals surface area contributed by atoms with Crippen LogP contribution in [0.5, 0.6) is 23.0 Å². The highest BCUT2D eigenvalue weighted by molar-refractivity contribution is 5.47. The molecule has 8 N–H and O–H groups in total. The summed E-state index contributed by atoms with van der Waals surface area (Å²) in [5, 5.41) is 57.5. The molecule has 0 fully saturated rings. The van der Waals surface area contributed by atoms with Crippen molar-refractivity contribution in [2.45, 2.75) is 142 Å². The molecular weight excluding hydrogens is 745 g/mol. The van der Waals surface area contributed by atoms with E-state index in [2.05, 4.69) is 45.5 Å². The van der Waals surface area contributed by atoms with Crippen molar-refractivity contribution in [3.05, 3.63) is 115 Å². The van der Waals surface area contributed by atoms with Crippen molar-refractivity contribution in [2.75, 3.05) is 26.2 Å². The second-order valence-corrected chi connectivity index (χ2v) is 19.0. The van der Waals surface area contributed by atoms with Crippen LogP contribution >= 0.6 is 0 Å². The van der Waals surface area contributed by atoms with Gasteiger partial charge in [0.2, 0.25) is 0 Å². The highest BCUT2D eigenvalue weighted by Gasteiger charge is 2.28. The summed E-state index contributed by atoms with van der Waals surface area (Å²) in [5.74, 6) is 2.76. The largest absolute Gasteiger partial charge is 0.508 e. The van der Waals surface area contributed by atoms with E-state index >= 15 is 0 Å². The lowest BCUT2D eigenvalue weighted by atomic mass is 9.80. The molecule has 0 aliphatic carbocycles. The average Bonchev–Trinajstić information content (AvgIpc) is 3.23. The van der Waals surface area contributed by atoms with Gasteiger partial charge in [-0.05, 0) is 234 Å². The molecule has 322 valence electrons. The van der Waals surface area contributed by atoms with Crippen LogP contribution < -0.4 is 21.3 Å². The minimum Gasteiger partial charge on any atom is -0.508 e. The zero-order valence-corrected chi connectivity index (χ0v) is 36.6. The molecule has 0 spiro atoms. The smallest absolute Gasteiger partial charge is 0.118 e. The molecule has 8 nitrogen and oxygen atoms in total. The first-order valence-corrected chi connectivity index (χ1v) is 23.2. The summed E-state index contributed by atoms with van der Waals surface area (Å²) in [4.78, 5) is 0. The number of fused-ring (bicyclic) bond motifs is 4. The van der Waals surface area contributed by atoms with Crippen molar-refractivity contribution < 1.29 is 20.4 Å². The fourth-order valence-corrected chi connectivity index (χ4v) is 11.2. The Hall–Kier alpha value is -4.08. The maximum atomic E-state index is 10.5. The number of phenolic OH excluding ortho intramolecular Hbond substituents is 4. The number of aryl methyl sites for hydroxylation is 4. The number of aromatic hydroxyl groups is 4. The van der Waals surface area contributed by atoms with Crippen LogP contribution in [0.2, 0.25) is 0 Å². The van der Waals surface area contributed by atoms with E-state index in [1.54, 1.807) is 0 Å². The summed E-state index contributed by atoms with van der Waals surface area (Å²) in [6, 6.07) is 18.1. The van der Waals surface area contributed by atoms with E-state index in [-0.39, 0.29) is 0 Å². The molecule has 4 aromatic rings. The van der Waals surface area contributed by atoms with Gasteiger partial charge < -0.3 is 41.7 Å². The van der Waals surface area contributed by atoms with Crippen LogP contribution in [0.25, 0.3) is 0 Å². The topological polar surface area (TPSA) is 129 Å². The summed E-state index contributed by atoms with van der Waals surface area (Å²) in [5.41, 5.74) is 14.4. The lowest BCUT2D eigenvalue weighted by molar-refractivity contribution is 0.279. The first-order valence-electron chi connectivity index (χ1n) is 23.2. The Morgan fingerprint density at radius 1 is 0.383 bits per heavy atom. The SMILES string of the molecule is Cc1cc2c(cc1O)CCNC2CCC(CCC(CCC1NCCc2cc(O)c(C)cc21)CCC1NCCc2cc(O)c(C)cc21)CCC1NCCc2cc(O)c(C)cc21. The normalized spacial score (nSPS) is 22.0. The third-order valence-corrected chi connectivity index (χ3v) is 14.9. The van der Waals surface area contributed by atoms with Gasteiger partial charge in [-0.2, -0.15) is 0 Å². The van der Waals surface area contributed by atoms with Crippen molar-refractivity contribution in [2.24, 2.45) is 11.8 Å². The second kappa shape index (κ2) is 18.9. The van der Waals surface area contributed by atoms with Crippen LogP contribution in [0.15, 0.2) is 48.5 Å². The Morgan fingerprint density at radius 3 is 0.850 bits per heavy atom. The van der Waals surface area contributed by atoms with Crippen molar-refractivity contribution in [3.8, 4) is 23.0 Å². The van der Waals surface area contributed by atoms with Crippen LogP contribution in [-0.4, -0.2) is 46.6 Å². The molecule has 4 unspecified atom stereocenters. The number of hydrogen-bond acceptors (Lipinski definition) is 8. The highest BCUT2D eigenvalue weighted by atomic mass is 16.3. The summed E-state index contributed by atoms with van der Waals surface area (Å²) < 4.78 is 0. The molecule has 0 aromatic heterocycles. The molecule has 0 saturated heterocycles. The molecule has 8 rings (SSSR count). The predicted octanol–water partition coefficient (Wildman–Crippen LogP) is 9.72. The quantitative estimate of drug-likeness (QED) is 0.0596. The van der Waals surface area contributed by atoms with Crippen LogP contribution in [0.4, 0.5) is 0 Å². The average molecular weight is 815 g/mol. The van der Waals surface area contributed by atoms with E-state index < -0.39 is 0 Å². The van der Waals surface area contributed by atoms with Gasteiger partial charge in [-0.25, -0.2) is 0 Å². The van der Waals surface area contributed by atoms with Crippen LogP contribution in [0.3, 0.4) is 0 Å². The number of hydrogen-bond donors (Lipinski definition) is 8. The monoisotopic (exact) mass is 815 g/mol. The highest BCUT2D eigenvalue weighted by Crippen LogP contribution is 2.40. The van der Waals surface area contributed by atoms with Crippen molar-refractivity contribution in [1.29, 1.82) is 0 Å². The van der Waals surface area contributed by atoms with E-state index in [0.717, 1.165) is 125 Å². The second-order valence-electron chi connectivity index (χ2n) is 19.0. The van der Waals surface area contributed by atoms with E-state index in [9.17, 15) is 20.4 Å². The van der Waals surface area contributed by atoms with Gasteiger partial charge in [0.05, 0.1) is 0 Å². The molecule has 4 atom stereocenters. The fraction of sp³-hybridized carbons (Fsp3) is 0.538. The zero-order valence-electron chi connectivity index (χ0n) is 36.6. The third-order valence-electron chi connectivity index (χ3n) is 14.9. The third kappa shape index (κ3) is 9.68. The van der Waals surface area contributed by atoms with Gasteiger partial charge in [-0.15, -0.1) is 0 Å². The number of nitrogens with one attached hydrogen (secondary N) is 4. The molecule has 0 radical (unpaired) electrons. The van der Waals surface area contributed by atoms with E-state index in [4.69, 9.17) is 0 Å². The summed E-state index contributed by atoms with van der Waals surface area (Å²) in [6.07, 6.45) is 15.1. The molecule has 4 aromatic carbocycles. The van der Waals surface area contributed by atoms with Crippen LogP contribution in [0.1, 0.15) is 155 Å². The number of phenols is 4.